The Labute approximate surface area is 127 Å². The zero-order valence-electron chi connectivity index (χ0n) is 11.6. The fourth-order valence-corrected chi connectivity index (χ4v) is 2.58. The maximum Gasteiger partial charge on any atom is 0.321 e. The Bertz CT molecular complexity index is 495. The normalized spacial score (nSPS) is 22.5. The number of carbonyl (C=O) groups is 1. The Hall–Kier alpha value is -1.27. The number of hydrogen-bond acceptors (Lipinski definition) is 3. The third-order valence-electron chi connectivity index (χ3n) is 3.61. The number of rotatable bonds is 2. The van der Waals surface area contributed by atoms with Gasteiger partial charge in [0.15, 0.2) is 0 Å². The van der Waals surface area contributed by atoms with Gasteiger partial charge in [0.2, 0.25) is 0 Å². The third kappa shape index (κ3) is 3.43. The number of piperidine rings is 1. The lowest BCUT2D eigenvalue weighted by atomic mass is 9.96. The van der Waals surface area contributed by atoms with Crippen LogP contribution in [0.2, 0.25) is 0 Å². The van der Waals surface area contributed by atoms with Crippen LogP contribution in [-0.2, 0) is 0 Å². The molecule has 2 N–H and O–H groups in total. The van der Waals surface area contributed by atoms with Crippen LogP contribution in [0, 0.1) is 5.92 Å². The number of nitrogens with one attached hydrogen (secondary N) is 1. The van der Waals surface area contributed by atoms with Crippen LogP contribution < -0.4 is 10.1 Å². The van der Waals surface area contributed by atoms with Crippen LogP contribution in [0.15, 0.2) is 22.7 Å². The van der Waals surface area contributed by atoms with Crippen molar-refractivity contribution in [1.82, 2.24) is 4.90 Å². The predicted molar refractivity (Wildman–Crippen MR) is 81.1 cm³/mol. The number of methoxy groups -OCH3 is 1. The van der Waals surface area contributed by atoms with E-state index in [1.807, 2.05) is 13.0 Å². The molecule has 2 unspecified atom stereocenters. The minimum absolute atomic E-state index is 0.194. The van der Waals surface area contributed by atoms with Crippen molar-refractivity contribution in [2.24, 2.45) is 5.92 Å². The molecule has 1 aliphatic rings. The van der Waals surface area contributed by atoms with Crippen LogP contribution in [0.1, 0.15) is 13.3 Å². The zero-order chi connectivity index (χ0) is 14.7. The number of halogens is 1. The predicted octanol–water partition coefficient (Wildman–Crippen LogP) is 2.69. The van der Waals surface area contributed by atoms with Gasteiger partial charge < -0.3 is 20.1 Å². The van der Waals surface area contributed by atoms with Crippen LogP contribution in [0.4, 0.5) is 10.5 Å². The van der Waals surface area contributed by atoms with Crippen molar-refractivity contribution in [3.63, 3.8) is 0 Å². The highest BCUT2D eigenvalue weighted by Crippen LogP contribution is 2.28. The summed E-state index contributed by atoms with van der Waals surface area (Å²) in [5.41, 5.74) is 0.670. The lowest BCUT2D eigenvalue weighted by molar-refractivity contribution is 0.0464. The molecule has 0 aromatic heterocycles. The molecule has 2 rings (SSSR count). The van der Waals surface area contributed by atoms with Crippen molar-refractivity contribution >= 4 is 27.6 Å². The Balaban J connectivity index is 2.01. The van der Waals surface area contributed by atoms with E-state index in [1.54, 1.807) is 24.1 Å². The number of ether oxygens (including phenoxy) is 1. The molecule has 0 aliphatic carbocycles. The van der Waals surface area contributed by atoms with E-state index in [2.05, 4.69) is 21.2 Å². The minimum atomic E-state index is -0.450. The van der Waals surface area contributed by atoms with E-state index in [9.17, 15) is 9.90 Å². The summed E-state index contributed by atoms with van der Waals surface area (Å²) in [4.78, 5) is 13.8. The summed E-state index contributed by atoms with van der Waals surface area (Å²) in [5, 5.41) is 12.7. The number of nitrogens with zero attached hydrogens (tertiary/aromatic N) is 1. The van der Waals surface area contributed by atoms with Crippen molar-refractivity contribution in [2.75, 3.05) is 25.5 Å². The first-order valence-electron chi connectivity index (χ1n) is 6.58. The van der Waals surface area contributed by atoms with E-state index in [0.717, 1.165) is 10.9 Å². The smallest absolute Gasteiger partial charge is 0.321 e. The van der Waals surface area contributed by atoms with Crippen LogP contribution in [0.25, 0.3) is 0 Å². The number of urea groups is 1. The first-order valence-corrected chi connectivity index (χ1v) is 7.38. The number of β-amino-alcohol motifs (C(OH)–C–C–N with tert-alkyl or cyclic N) is 1. The Kier molecular flexibility index (Phi) is 4.88. The highest BCUT2D eigenvalue weighted by Gasteiger charge is 2.27. The van der Waals surface area contributed by atoms with Gasteiger partial charge in [-0.15, -0.1) is 0 Å². The molecule has 1 fully saturated rings. The second kappa shape index (κ2) is 6.45. The van der Waals surface area contributed by atoms with Gasteiger partial charge in [0.1, 0.15) is 5.75 Å². The summed E-state index contributed by atoms with van der Waals surface area (Å²) in [6.45, 7) is 3.04. The SMILES string of the molecule is COc1cc(NC(=O)N2CCC(C)C(O)C2)ccc1Br. The molecule has 110 valence electrons. The molecule has 2 amide bonds. The molecular weight excluding hydrogens is 324 g/mol. The summed E-state index contributed by atoms with van der Waals surface area (Å²) in [6.07, 6.45) is 0.368. The zero-order valence-corrected chi connectivity index (χ0v) is 13.2. The molecule has 0 spiro atoms. The van der Waals surface area contributed by atoms with E-state index in [1.165, 1.54) is 0 Å². The fraction of sp³-hybridized carbons (Fsp3) is 0.500. The molecule has 1 aromatic rings. The maximum absolute atomic E-state index is 12.2. The van der Waals surface area contributed by atoms with Crippen molar-refractivity contribution in [3.8, 4) is 5.75 Å². The average Bonchev–Trinajstić information content (AvgIpc) is 2.43. The van der Waals surface area contributed by atoms with Gasteiger partial charge in [-0.1, -0.05) is 6.92 Å². The number of anilines is 1. The standard InChI is InChI=1S/C14H19BrN2O3/c1-9-5-6-17(8-12(9)18)14(19)16-10-3-4-11(15)13(7-10)20-2/h3-4,7,9,12,18H,5-6,8H2,1-2H3,(H,16,19). The number of aliphatic hydroxyl groups is 1. The average molecular weight is 343 g/mol. The maximum atomic E-state index is 12.2. The van der Waals surface area contributed by atoms with Gasteiger partial charge in [0.05, 0.1) is 17.7 Å². The number of amides is 2. The van der Waals surface area contributed by atoms with Gasteiger partial charge >= 0.3 is 6.03 Å². The highest BCUT2D eigenvalue weighted by molar-refractivity contribution is 9.10. The molecule has 5 nitrogen and oxygen atoms in total. The minimum Gasteiger partial charge on any atom is -0.495 e. The number of aliphatic hydroxyl groups excluding tert-OH is 1. The summed E-state index contributed by atoms with van der Waals surface area (Å²) in [5.74, 6) is 0.905. The van der Waals surface area contributed by atoms with Gasteiger partial charge in [-0.3, -0.25) is 0 Å². The number of hydrogen-bond donors (Lipinski definition) is 2. The first-order chi connectivity index (χ1) is 9.51. The molecule has 1 heterocycles. The van der Waals surface area contributed by atoms with Crippen molar-refractivity contribution in [1.29, 1.82) is 0 Å². The number of likely N-dealkylation sites (tertiary alicyclic amines) is 1. The summed E-state index contributed by atoms with van der Waals surface area (Å²) in [7, 11) is 1.58. The Morgan fingerprint density at radius 3 is 2.95 bits per heavy atom. The molecule has 1 aromatic carbocycles. The van der Waals surface area contributed by atoms with Crippen molar-refractivity contribution in [2.45, 2.75) is 19.4 Å². The number of benzene rings is 1. The Morgan fingerprint density at radius 1 is 1.55 bits per heavy atom. The first kappa shape index (κ1) is 15.1. The second-order valence-electron chi connectivity index (χ2n) is 5.06. The van der Waals surface area contributed by atoms with Crippen molar-refractivity contribution < 1.29 is 14.6 Å². The van der Waals surface area contributed by atoms with Gasteiger partial charge in [-0.25, -0.2) is 4.79 Å². The summed E-state index contributed by atoms with van der Waals surface area (Å²) < 4.78 is 6.03. The van der Waals surface area contributed by atoms with E-state index < -0.39 is 6.10 Å². The topological polar surface area (TPSA) is 61.8 Å². The van der Waals surface area contributed by atoms with Crippen LogP contribution in [0.3, 0.4) is 0 Å². The van der Waals surface area contributed by atoms with Gasteiger partial charge in [-0.05, 0) is 40.4 Å². The molecule has 0 saturated carbocycles. The fourth-order valence-electron chi connectivity index (χ4n) is 2.17. The molecule has 0 bridgehead atoms. The molecule has 2 atom stereocenters. The lowest BCUT2D eigenvalue weighted by Gasteiger charge is -2.34. The monoisotopic (exact) mass is 342 g/mol. The van der Waals surface area contributed by atoms with Crippen LogP contribution >= 0.6 is 15.9 Å². The van der Waals surface area contributed by atoms with E-state index in [-0.39, 0.29) is 11.9 Å². The van der Waals surface area contributed by atoms with E-state index in [0.29, 0.717) is 24.5 Å². The van der Waals surface area contributed by atoms with Crippen LogP contribution in [0.5, 0.6) is 5.75 Å². The van der Waals surface area contributed by atoms with E-state index in [4.69, 9.17) is 4.74 Å². The Morgan fingerprint density at radius 2 is 2.30 bits per heavy atom. The summed E-state index contributed by atoms with van der Waals surface area (Å²) in [6, 6.07) is 5.18. The lowest BCUT2D eigenvalue weighted by Crippen LogP contribution is -2.47. The van der Waals surface area contributed by atoms with Gasteiger partial charge in [0.25, 0.3) is 0 Å². The van der Waals surface area contributed by atoms with E-state index >= 15 is 0 Å². The van der Waals surface area contributed by atoms with Crippen molar-refractivity contribution in [3.05, 3.63) is 22.7 Å². The van der Waals surface area contributed by atoms with Gasteiger partial charge in [-0.2, -0.15) is 0 Å². The number of carbonyl (C=O) groups excluding carboxylic acids is 1. The molecule has 1 aliphatic heterocycles. The molecule has 1 saturated heterocycles. The molecule has 0 radical (unpaired) electrons. The summed E-state index contributed by atoms with van der Waals surface area (Å²) >= 11 is 3.37. The largest absolute Gasteiger partial charge is 0.495 e. The highest BCUT2D eigenvalue weighted by atomic mass is 79.9. The second-order valence-corrected chi connectivity index (χ2v) is 5.91. The van der Waals surface area contributed by atoms with Crippen LogP contribution in [-0.4, -0.2) is 42.3 Å². The quantitative estimate of drug-likeness (QED) is 0.868. The molecule has 6 heteroatoms. The van der Waals surface area contributed by atoms with Gasteiger partial charge in [0, 0.05) is 24.8 Å². The molecular formula is C14H19BrN2O3. The molecule has 20 heavy (non-hydrogen) atoms. The third-order valence-corrected chi connectivity index (χ3v) is 4.26.